The van der Waals surface area contributed by atoms with Crippen LogP contribution in [0.3, 0.4) is 0 Å². The molecule has 1 aromatic carbocycles. The number of benzene rings is 1. The quantitative estimate of drug-likeness (QED) is 0.849. The zero-order chi connectivity index (χ0) is 11.5. The zero-order valence-corrected chi connectivity index (χ0v) is 9.97. The van der Waals surface area contributed by atoms with Gasteiger partial charge in [-0.3, -0.25) is 0 Å². The summed E-state index contributed by atoms with van der Waals surface area (Å²) in [6.07, 6.45) is 3.82. The van der Waals surface area contributed by atoms with Crippen LogP contribution in [0, 0.1) is 0 Å². The van der Waals surface area contributed by atoms with Crippen molar-refractivity contribution >= 4 is 0 Å². The largest absolute Gasteiger partial charge is 0.346 e. The van der Waals surface area contributed by atoms with Crippen molar-refractivity contribution in [3.8, 4) is 0 Å². The van der Waals surface area contributed by atoms with Gasteiger partial charge in [0.15, 0.2) is 6.29 Å². The van der Waals surface area contributed by atoms with Crippen LogP contribution in [-0.4, -0.2) is 25.3 Å². The minimum absolute atomic E-state index is 0.176. The molecule has 2 saturated heterocycles. The normalized spacial score (nSPS) is 33.8. The van der Waals surface area contributed by atoms with Crippen LogP contribution in [0.4, 0.5) is 0 Å². The molecule has 17 heavy (non-hydrogen) atoms. The molecule has 0 saturated carbocycles. The van der Waals surface area contributed by atoms with Gasteiger partial charge in [0, 0.05) is 11.6 Å². The number of nitrogens with one attached hydrogen (secondary N) is 1. The Morgan fingerprint density at radius 1 is 1.12 bits per heavy atom. The summed E-state index contributed by atoms with van der Waals surface area (Å²) < 4.78 is 11.7. The highest BCUT2D eigenvalue weighted by Gasteiger charge is 2.33. The first kappa shape index (κ1) is 11.2. The maximum absolute atomic E-state index is 6.00. The van der Waals surface area contributed by atoms with E-state index >= 15 is 0 Å². The maximum atomic E-state index is 6.00. The molecule has 2 heterocycles. The van der Waals surface area contributed by atoms with Gasteiger partial charge in [-0.15, -0.1) is 0 Å². The van der Waals surface area contributed by atoms with Crippen molar-refractivity contribution in [2.45, 2.75) is 37.7 Å². The maximum Gasteiger partial charge on any atom is 0.184 e. The minimum Gasteiger partial charge on any atom is -0.346 e. The van der Waals surface area contributed by atoms with E-state index < -0.39 is 0 Å². The highest BCUT2D eigenvalue weighted by atomic mass is 16.7. The molecule has 2 fully saturated rings. The molecule has 2 aliphatic rings. The van der Waals surface area contributed by atoms with Crippen molar-refractivity contribution in [1.82, 2.24) is 5.32 Å². The molecule has 1 aromatic rings. The second kappa shape index (κ2) is 5.17. The van der Waals surface area contributed by atoms with E-state index in [-0.39, 0.29) is 12.4 Å². The van der Waals surface area contributed by atoms with Gasteiger partial charge >= 0.3 is 0 Å². The fraction of sp³-hybridized carbons (Fsp3) is 0.571. The van der Waals surface area contributed by atoms with Crippen LogP contribution in [0.15, 0.2) is 30.3 Å². The molecule has 92 valence electrons. The molecule has 0 unspecified atom stereocenters. The van der Waals surface area contributed by atoms with Gasteiger partial charge in [-0.1, -0.05) is 36.8 Å². The van der Waals surface area contributed by atoms with Crippen molar-refractivity contribution in [3.05, 3.63) is 35.9 Å². The molecule has 0 bridgehead atoms. The summed E-state index contributed by atoms with van der Waals surface area (Å²) in [6, 6.07) is 10.6. The van der Waals surface area contributed by atoms with Gasteiger partial charge in [0.2, 0.25) is 0 Å². The van der Waals surface area contributed by atoms with E-state index in [4.69, 9.17) is 9.47 Å². The lowest BCUT2D eigenvalue weighted by Crippen LogP contribution is -2.44. The Morgan fingerprint density at radius 2 is 2.00 bits per heavy atom. The van der Waals surface area contributed by atoms with Crippen molar-refractivity contribution in [3.63, 3.8) is 0 Å². The van der Waals surface area contributed by atoms with Gasteiger partial charge in [0.25, 0.3) is 0 Å². The molecule has 3 rings (SSSR count). The predicted molar refractivity (Wildman–Crippen MR) is 65.6 cm³/mol. The fourth-order valence-corrected chi connectivity index (χ4v) is 2.61. The summed E-state index contributed by atoms with van der Waals surface area (Å²) in [5.41, 5.74) is 1.12. The topological polar surface area (TPSA) is 30.5 Å². The Balaban J connectivity index is 1.61. The van der Waals surface area contributed by atoms with E-state index in [1.165, 1.54) is 19.3 Å². The Labute approximate surface area is 102 Å². The van der Waals surface area contributed by atoms with Crippen molar-refractivity contribution < 1.29 is 9.47 Å². The summed E-state index contributed by atoms with van der Waals surface area (Å²) in [6.45, 7) is 1.82. The Morgan fingerprint density at radius 3 is 2.76 bits per heavy atom. The van der Waals surface area contributed by atoms with E-state index in [0.29, 0.717) is 12.6 Å². The molecular weight excluding hydrogens is 214 g/mol. The fourth-order valence-electron chi connectivity index (χ4n) is 2.61. The second-order valence-electron chi connectivity index (χ2n) is 4.81. The van der Waals surface area contributed by atoms with Crippen LogP contribution in [-0.2, 0) is 9.47 Å². The van der Waals surface area contributed by atoms with E-state index in [0.717, 1.165) is 12.1 Å². The minimum atomic E-state index is -0.176. The smallest absolute Gasteiger partial charge is 0.184 e. The van der Waals surface area contributed by atoms with E-state index in [9.17, 15) is 0 Å². The van der Waals surface area contributed by atoms with Gasteiger partial charge in [-0.2, -0.15) is 0 Å². The lowest BCUT2D eigenvalue weighted by Gasteiger charge is -2.27. The number of ether oxygens (including phenoxy) is 2. The first-order valence-electron chi connectivity index (χ1n) is 6.49. The van der Waals surface area contributed by atoms with Gasteiger partial charge in [0.1, 0.15) is 0 Å². The van der Waals surface area contributed by atoms with Gasteiger partial charge in [-0.25, -0.2) is 0 Å². The lowest BCUT2D eigenvalue weighted by molar-refractivity contribution is -0.0668. The summed E-state index contributed by atoms with van der Waals surface area (Å²) in [5, 5.41) is 3.53. The number of piperidine rings is 1. The average Bonchev–Trinajstić information content (AvgIpc) is 2.90. The van der Waals surface area contributed by atoms with E-state index in [1.54, 1.807) is 0 Å². The Bertz CT molecular complexity index is 348. The second-order valence-corrected chi connectivity index (χ2v) is 4.81. The van der Waals surface area contributed by atoms with Crippen LogP contribution in [0.5, 0.6) is 0 Å². The average molecular weight is 233 g/mol. The third-order valence-electron chi connectivity index (χ3n) is 3.58. The molecule has 0 spiro atoms. The lowest BCUT2D eigenvalue weighted by atomic mass is 10.0. The summed E-state index contributed by atoms with van der Waals surface area (Å²) in [4.78, 5) is 0. The van der Waals surface area contributed by atoms with Crippen molar-refractivity contribution in [2.75, 3.05) is 13.2 Å². The Kier molecular flexibility index (Phi) is 3.41. The first-order chi connectivity index (χ1) is 8.43. The highest BCUT2D eigenvalue weighted by Crippen LogP contribution is 2.29. The molecule has 3 nitrogen and oxygen atoms in total. The molecule has 0 aromatic heterocycles. The van der Waals surface area contributed by atoms with Crippen LogP contribution >= 0.6 is 0 Å². The molecule has 3 heteroatoms. The van der Waals surface area contributed by atoms with Crippen LogP contribution in [0.25, 0.3) is 0 Å². The van der Waals surface area contributed by atoms with E-state index in [2.05, 4.69) is 17.4 Å². The molecule has 0 amide bonds. The molecule has 1 N–H and O–H groups in total. The Hall–Kier alpha value is -0.900. The molecule has 3 atom stereocenters. The predicted octanol–water partition coefficient (Wildman–Crippen LogP) is 2.24. The number of hydrogen-bond donors (Lipinski definition) is 1. The van der Waals surface area contributed by atoms with Crippen molar-refractivity contribution in [1.29, 1.82) is 0 Å². The monoisotopic (exact) mass is 233 g/mol. The van der Waals surface area contributed by atoms with Crippen LogP contribution in [0.2, 0.25) is 0 Å². The molecular formula is C14H19NO2. The third-order valence-corrected chi connectivity index (χ3v) is 3.58. The number of hydrogen-bond acceptors (Lipinski definition) is 3. The summed E-state index contributed by atoms with van der Waals surface area (Å²) in [5.74, 6) is 0. The molecule has 0 radical (unpaired) electrons. The summed E-state index contributed by atoms with van der Waals surface area (Å²) in [7, 11) is 0. The highest BCUT2D eigenvalue weighted by molar-refractivity contribution is 5.16. The molecule has 2 aliphatic heterocycles. The summed E-state index contributed by atoms with van der Waals surface area (Å²) >= 11 is 0. The first-order valence-corrected chi connectivity index (χ1v) is 6.49. The zero-order valence-electron chi connectivity index (χ0n) is 9.97. The SMILES string of the molecule is c1ccc([C@H]2OC[C@H]([C@@H]3CCCCN3)O2)cc1. The van der Waals surface area contributed by atoms with Gasteiger partial charge < -0.3 is 14.8 Å². The van der Waals surface area contributed by atoms with Gasteiger partial charge in [-0.05, 0) is 19.4 Å². The van der Waals surface area contributed by atoms with E-state index in [1.807, 2.05) is 18.2 Å². The van der Waals surface area contributed by atoms with Crippen LogP contribution in [0.1, 0.15) is 31.1 Å². The standard InChI is InChI=1S/C14H19NO2/c1-2-6-11(7-3-1)14-16-10-13(17-14)12-8-4-5-9-15-12/h1-3,6-7,12-15H,4-5,8-10H2/t12-,13+,14-/m0/s1. The van der Waals surface area contributed by atoms with Crippen molar-refractivity contribution in [2.24, 2.45) is 0 Å². The third kappa shape index (κ3) is 2.51. The number of rotatable bonds is 2. The molecule has 0 aliphatic carbocycles. The van der Waals surface area contributed by atoms with Gasteiger partial charge in [0.05, 0.1) is 12.7 Å². The van der Waals surface area contributed by atoms with Crippen LogP contribution < -0.4 is 5.32 Å².